The highest BCUT2D eigenvalue weighted by Crippen LogP contribution is 2.28. The van der Waals surface area contributed by atoms with E-state index in [4.69, 9.17) is 11.0 Å². The van der Waals surface area contributed by atoms with Gasteiger partial charge in [-0.3, -0.25) is 0 Å². The summed E-state index contributed by atoms with van der Waals surface area (Å²) in [5, 5.41) is 9.11. The molecular formula is C15H21N3O2S. The van der Waals surface area contributed by atoms with Gasteiger partial charge in [-0.15, -0.1) is 0 Å². The van der Waals surface area contributed by atoms with Crippen molar-refractivity contribution in [2.45, 2.75) is 50.0 Å². The van der Waals surface area contributed by atoms with E-state index in [1.54, 1.807) is 0 Å². The van der Waals surface area contributed by atoms with Gasteiger partial charge >= 0.3 is 0 Å². The second-order valence-corrected chi connectivity index (χ2v) is 7.23. The van der Waals surface area contributed by atoms with Crippen LogP contribution in [0.4, 0.5) is 5.69 Å². The third-order valence-electron chi connectivity index (χ3n) is 4.15. The van der Waals surface area contributed by atoms with Crippen molar-refractivity contribution in [1.82, 2.24) is 4.72 Å². The highest BCUT2D eigenvalue weighted by molar-refractivity contribution is 7.89. The summed E-state index contributed by atoms with van der Waals surface area (Å²) < 4.78 is 27.9. The third-order valence-corrected chi connectivity index (χ3v) is 5.70. The van der Waals surface area contributed by atoms with Gasteiger partial charge in [0.15, 0.2) is 0 Å². The van der Waals surface area contributed by atoms with Gasteiger partial charge in [0.1, 0.15) is 6.07 Å². The number of hydrogen-bond donors (Lipinski definition) is 2. The number of hydrogen-bond acceptors (Lipinski definition) is 4. The molecule has 1 aromatic carbocycles. The molecule has 1 saturated carbocycles. The normalized spacial score (nSPS) is 22.7. The van der Waals surface area contributed by atoms with Gasteiger partial charge in [-0.25, -0.2) is 13.1 Å². The maximum Gasteiger partial charge on any atom is 0.242 e. The van der Waals surface area contributed by atoms with Gasteiger partial charge in [0.2, 0.25) is 10.0 Å². The molecule has 0 aliphatic heterocycles. The molecule has 0 radical (unpaired) electrons. The van der Waals surface area contributed by atoms with E-state index in [1.165, 1.54) is 18.2 Å². The van der Waals surface area contributed by atoms with Gasteiger partial charge in [-0.2, -0.15) is 5.26 Å². The lowest BCUT2D eigenvalue weighted by molar-refractivity contribution is 0.282. The van der Waals surface area contributed by atoms with E-state index in [9.17, 15) is 8.42 Å². The number of nitrogens with one attached hydrogen (secondary N) is 1. The molecule has 0 amide bonds. The van der Waals surface area contributed by atoms with Gasteiger partial charge in [0.05, 0.1) is 10.5 Å². The first kappa shape index (κ1) is 15.8. The fraction of sp³-hybridized carbons (Fsp3) is 0.533. The fourth-order valence-electron chi connectivity index (χ4n) is 2.98. The van der Waals surface area contributed by atoms with Crippen LogP contribution in [0.25, 0.3) is 0 Å². The van der Waals surface area contributed by atoms with Crippen molar-refractivity contribution in [2.75, 3.05) is 5.73 Å². The van der Waals surface area contributed by atoms with Crippen molar-refractivity contribution in [3.8, 4) is 6.07 Å². The minimum Gasteiger partial charge on any atom is -0.399 e. The first-order valence-corrected chi connectivity index (χ1v) is 8.78. The first-order valence-electron chi connectivity index (χ1n) is 7.30. The van der Waals surface area contributed by atoms with Crippen LogP contribution < -0.4 is 10.5 Å². The highest BCUT2D eigenvalue weighted by Gasteiger charge is 2.29. The molecule has 5 nitrogen and oxygen atoms in total. The van der Waals surface area contributed by atoms with Crippen molar-refractivity contribution in [3.63, 3.8) is 0 Å². The number of anilines is 1. The van der Waals surface area contributed by atoms with Gasteiger partial charge in [0.25, 0.3) is 0 Å². The molecule has 2 rings (SSSR count). The van der Waals surface area contributed by atoms with Gasteiger partial charge in [-0.05, 0) is 37.0 Å². The molecule has 1 aliphatic carbocycles. The molecule has 1 aromatic rings. The van der Waals surface area contributed by atoms with Gasteiger partial charge in [0, 0.05) is 11.7 Å². The number of nitrogen functional groups attached to an aromatic ring is 1. The predicted octanol–water partition coefficient (Wildman–Crippen LogP) is 2.39. The smallest absolute Gasteiger partial charge is 0.242 e. The molecule has 0 spiro atoms. The number of nitriles is 1. The first-order chi connectivity index (χ1) is 9.97. The third kappa shape index (κ3) is 3.55. The minimum absolute atomic E-state index is 0.0135. The Morgan fingerprint density at radius 2 is 2.10 bits per heavy atom. The Hall–Kier alpha value is -1.58. The van der Waals surface area contributed by atoms with Crippen LogP contribution in [0.3, 0.4) is 0 Å². The van der Waals surface area contributed by atoms with Crippen LogP contribution in [0.2, 0.25) is 0 Å². The summed E-state index contributed by atoms with van der Waals surface area (Å²) in [6.07, 6.45) is 5.06. The Morgan fingerprint density at radius 3 is 2.76 bits per heavy atom. The summed E-state index contributed by atoms with van der Waals surface area (Å²) in [6.45, 7) is 2.08. The summed E-state index contributed by atoms with van der Waals surface area (Å²) in [5.74, 6) is 0.368. The van der Waals surface area contributed by atoms with E-state index in [0.29, 0.717) is 11.6 Å². The summed E-state index contributed by atoms with van der Waals surface area (Å²) in [6, 6.07) is 6.17. The SMILES string of the molecule is CCC1CCCCC1NS(=O)(=O)c1ccc(N)cc1C#N. The zero-order chi connectivity index (χ0) is 15.5. The summed E-state index contributed by atoms with van der Waals surface area (Å²) in [5.41, 5.74) is 6.08. The van der Waals surface area contributed by atoms with Crippen LogP contribution in [-0.2, 0) is 10.0 Å². The molecule has 1 aliphatic rings. The fourth-order valence-corrected chi connectivity index (χ4v) is 4.46. The number of sulfonamides is 1. The van der Waals surface area contributed by atoms with Gasteiger partial charge in [-0.1, -0.05) is 26.2 Å². The number of nitrogens with two attached hydrogens (primary N) is 1. The van der Waals surface area contributed by atoms with E-state index in [0.717, 1.165) is 32.1 Å². The summed E-state index contributed by atoms with van der Waals surface area (Å²) in [4.78, 5) is 0.0135. The van der Waals surface area contributed by atoms with Crippen molar-refractivity contribution in [1.29, 1.82) is 5.26 Å². The number of nitrogens with zero attached hydrogens (tertiary/aromatic N) is 1. The van der Waals surface area contributed by atoms with Crippen LogP contribution in [0.15, 0.2) is 23.1 Å². The molecule has 2 atom stereocenters. The summed E-state index contributed by atoms with van der Waals surface area (Å²) in [7, 11) is -3.69. The molecule has 3 N–H and O–H groups in total. The average molecular weight is 307 g/mol. The highest BCUT2D eigenvalue weighted by atomic mass is 32.2. The van der Waals surface area contributed by atoms with Crippen molar-refractivity contribution < 1.29 is 8.42 Å². The van der Waals surface area contributed by atoms with Crippen LogP contribution >= 0.6 is 0 Å². The largest absolute Gasteiger partial charge is 0.399 e. The van der Waals surface area contributed by atoms with Gasteiger partial charge < -0.3 is 5.73 Å². The van der Waals surface area contributed by atoms with Crippen molar-refractivity contribution in [2.24, 2.45) is 5.92 Å². The molecule has 0 saturated heterocycles. The summed E-state index contributed by atoms with van der Waals surface area (Å²) >= 11 is 0. The van der Waals surface area contributed by atoms with E-state index >= 15 is 0 Å². The zero-order valence-corrected chi connectivity index (χ0v) is 13.0. The molecule has 0 heterocycles. The lowest BCUT2D eigenvalue weighted by Gasteiger charge is -2.31. The number of benzene rings is 1. The minimum atomic E-state index is -3.69. The topological polar surface area (TPSA) is 96.0 Å². The molecule has 0 bridgehead atoms. The molecule has 1 fully saturated rings. The Bertz CT molecular complexity index is 649. The molecule has 0 aromatic heterocycles. The van der Waals surface area contributed by atoms with Crippen molar-refractivity contribution in [3.05, 3.63) is 23.8 Å². The van der Waals surface area contributed by atoms with Crippen LogP contribution in [-0.4, -0.2) is 14.5 Å². The Morgan fingerprint density at radius 1 is 1.38 bits per heavy atom. The molecular weight excluding hydrogens is 286 g/mol. The molecule has 6 heteroatoms. The zero-order valence-electron chi connectivity index (χ0n) is 12.2. The van der Waals surface area contributed by atoms with E-state index in [-0.39, 0.29) is 16.5 Å². The quantitative estimate of drug-likeness (QED) is 0.835. The lowest BCUT2D eigenvalue weighted by Crippen LogP contribution is -2.42. The Balaban J connectivity index is 2.28. The average Bonchev–Trinajstić information content (AvgIpc) is 2.47. The van der Waals surface area contributed by atoms with Crippen LogP contribution in [0.1, 0.15) is 44.6 Å². The maximum atomic E-state index is 12.5. The molecule has 21 heavy (non-hydrogen) atoms. The second-order valence-electron chi connectivity index (χ2n) is 5.55. The second kappa shape index (κ2) is 6.46. The van der Waals surface area contributed by atoms with E-state index in [1.807, 2.05) is 6.07 Å². The molecule has 2 unspecified atom stereocenters. The standard InChI is InChI=1S/C15H21N3O2S/c1-2-11-5-3-4-6-14(11)18-21(19,20)15-8-7-13(17)9-12(15)10-16/h7-9,11,14,18H,2-6,17H2,1H3. The number of rotatable bonds is 4. The Kier molecular flexibility index (Phi) is 4.86. The molecule has 114 valence electrons. The van der Waals surface area contributed by atoms with E-state index in [2.05, 4.69) is 11.6 Å². The van der Waals surface area contributed by atoms with Crippen LogP contribution in [0, 0.1) is 17.2 Å². The van der Waals surface area contributed by atoms with Crippen LogP contribution in [0.5, 0.6) is 0 Å². The van der Waals surface area contributed by atoms with Crippen molar-refractivity contribution >= 4 is 15.7 Å². The predicted molar refractivity (Wildman–Crippen MR) is 81.9 cm³/mol. The van der Waals surface area contributed by atoms with E-state index < -0.39 is 10.0 Å². The monoisotopic (exact) mass is 307 g/mol. The maximum absolute atomic E-state index is 12.5. The lowest BCUT2D eigenvalue weighted by atomic mass is 9.83. The Labute approximate surface area is 126 Å².